The van der Waals surface area contributed by atoms with Crippen LogP contribution in [0.25, 0.3) is 0 Å². The first-order valence-electron chi connectivity index (χ1n) is 8.10. The van der Waals surface area contributed by atoms with Gasteiger partial charge in [0.05, 0.1) is 23.8 Å². The number of nitrogens with one attached hydrogen (secondary N) is 1. The number of benzene rings is 2. The summed E-state index contributed by atoms with van der Waals surface area (Å²) in [7, 11) is 1.55. The quantitative estimate of drug-likeness (QED) is 0.361. The number of carbonyl (C=O) groups excluding carboxylic acids is 1. The van der Waals surface area contributed by atoms with Crippen molar-refractivity contribution in [1.29, 1.82) is 0 Å². The monoisotopic (exact) mass is 384 g/mol. The van der Waals surface area contributed by atoms with Crippen LogP contribution in [0.3, 0.4) is 0 Å². The van der Waals surface area contributed by atoms with E-state index < -0.39 is 16.6 Å². The number of nitro benzene ring substituents is 1. The average molecular weight is 384 g/mol. The Hall–Kier alpha value is -4.01. The number of amides is 1. The Labute approximate surface area is 159 Å². The molecule has 0 aliphatic carbocycles. The average Bonchev–Trinajstić information content (AvgIpc) is 3.17. The van der Waals surface area contributed by atoms with Crippen molar-refractivity contribution >= 4 is 17.3 Å². The van der Waals surface area contributed by atoms with Gasteiger partial charge in [0.25, 0.3) is 11.6 Å². The van der Waals surface area contributed by atoms with Crippen molar-refractivity contribution in [3.8, 4) is 17.2 Å². The lowest BCUT2D eigenvalue weighted by atomic mass is 10.2. The highest BCUT2D eigenvalue weighted by molar-refractivity contribution is 6.03. The van der Waals surface area contributed by atoms with E-state index in [0.29, 0.717) is 17.3 Å². The summed E-state index contributed by atoms with van der Waals surface area (Å²) in [5.41, 5.74) is -0.258. The number of carbonyl (C=O) groups is 1. The number of furan rings is 1. The second-order valence-corrected chi connectivity index (χ2v) is 5.65. The molecule has 1 heterocycles. The maximum absolute atomic E-state index is 12.2. The number of nitro groups is 1. The van der Waals surface area contributed by atoms with Crippen LogP contribution in [0.1, 0.15) is 16.3 Å². The van der Waals surface area contributed by atoms with Gasteiger partial charge in [-0.05, 0) is 30.3 Å². The molecule has 28 heavy (non-hydrogen) atoms. The zero-order valence-electron chi connectivity index (χ0n) is 14.7. The van der Waals surface area contributed by atoms with Gasteiger partial charge in [-0.3, -0.25) is 14.9 Å². The van der Waals surface area contributed by atoms with Crippen LogP contribution in [0, 0.1) is 10.1 Å². The van der Waals surface area contributed by atoms with Crippen molar-refractivity contribution < 1.29 is 28.7 Å². The van der Waals surface area contributed by atoms with E-state index >= 15 is 0 Å². The highest BCUT2D eigenvalue weighted by atomic mass is 16.6. The van der Waals surface area contributed by atoms with E-state index in [2.05, 4.69) is 5.32 Å². The van der Waals surface area contributed by atoms with E-state index in [1.54, 1.807) is 37.4 Å². The molecule has 0 saturated heterocycles. The number of rotatable bonds is 7. The van der Waals surface area contributed by atoms with Crippen molar-refractivity contribution in [3.05, 3.63) is 76.2 Å². The predicted molar refractivity (Wildman–Crippen MR) is 98.7 cm³/mol. The summed E-state index contributed by atoms with van der Waals surface area (Å²) < 4.78 is 16.1. The lowest BCUT2D eigenvalue weighted by Crippen LogP contribution is -2.11. The molecular weight excluding hydrogens is 368 g/mol. The minimum absolute atomic E-state index is 0.00185. The molecule has 0 unspecified atom stereocenters. The Bertz CT molecular complexity index is 1010. The Balaban J connectivity index is 1.63. The number of phenolic OH excluding ortho intramolecular Hbond substituents is 1. The summed E-state index contributed by atoms with van der Waals surface area (Å²) in [6.45, 7) is 0.100. The molecule has 1 aromatic heterocycles. The second kappa shape index (κ2) is 8.12. The molecule has 0 atom stereocenters. The van der Waals surface area contributed by atoms with Crippen molar-refractivity contribution in [2.45, 2.75) is 6.61 Å². The smallest absolute Gasteiger partial charge is 0.291 e. The topological polar surface area (TPSA) is 124 Å². The van der Waals surface area contributed by atoms with Crippen LogP contribution in [-0.2, 0) is 6.61 Å². The number of methoxy groups -OCH3 is 1. The molecule has 0 bridgehead atoms. The fraction of sp³-hybridized carbons (Fsp3) is 0.105. The van der Waals surface area contributed by atoms with Gasteiger partial charge in [-0.15, -0.1) is 0 Å². The van der Waals surface area contributed by atoms with Crippen molar-refractivity contribution in [1.82, 2.24) is 0 Å². The van der Waals surface area contributed by atoms with Gasteiger partial charge in [-0.25, -0.2) is 0 Å². The van der Waals surface area contributed by atoms with Crippen LogP contribution in [0.15, 0.2) is 59.0 Å². The highest BCUT2D eigenvalue weighted by Gasteiger charge is 2.16. The third kappa shape index (κ3) is 4.39. The Morgan fingerprint density at radius 2 is 1.96 bits per heavy atom. The first-order chi connectivity index (χ1) is 13.5. The summed E-state index contributed by atoms with van der Waals surface area (Å²) in [4.78, 5) is 22.3. The van der Waals surface area contributed by atoms with E-state index in [0.717, 1.165) is 6.07 Å². The molecule has 144 valence electrons. The van der Waals surface area contributed by atoms with E-state index in [1.165, 1.54) is 18.2 Å². The normalized spacial score (nSPS) is 10.3. The van der Waals surface area contributed by atoms with Crippen molar-refractivity contribution in [3.63, 3.8) is 0 Å². The maximum atomic E-state index is 12.2. The molecule has 2 N–H and O–H groups in total. The molecule has 0 spiro atoms. The highest BCUT2D eigenvalue weighted by Crippen LogP contribution is 2.28. The van der Waals surface area contributed by atoms with E-state index in [9.17, 15) is 20.0 Å². The number of nitrogens with zero attached hydrogens (tertiary/aromatic N) is 1. The summed E-state index contributed by atoms with van der Waals surface area (Å²) in [5.74, 6) is 0.618. The van der Waals surface area contributed by atoms with E-state index in [-0.39, 0.29) is 23.7 Å². The van der Waals surface area contributed by atoms with Gasteiger partial charge in [0.1, 0.15) is 29.6 Å². The first-order valence-corrected chi connectivity index (χ1v) is 8.10. The largest absolute Gasteiger partial charge is 0.506 e. The lowest BCUT2D eigenvalue weighted by molar-refractivity contribution is -0.384. The van der Waals surface area contributed by atoms with Crippen LogP contribution in [0.2, 0.25) is 0 Å². The SMILES string of the molecule is COc1cccc(OCc2ccc(C(=O)Nc3ccc([N+](=O)[O-])cc3O)o2)c1. The molecule has 0 fully saturated rings. The van der Waals surface area contributed by atoms with Crippen LogP contribution in [0.5, 0.6) is 17.2 Å². The van der Waals surface area contributed by atoms with Gasteiger partial charge < -0.3 is 24.3 Å². The predicted octanol–water partition coefficient (Wildman–Crippen LogP) is 3.73. The van der Waals surface area contributed by atoms with E-state index in [4.69, 9.17) is 13.9 Å². The maximum Gasteiger partial charge on any atom is 0.291 e. The summed E-state index contributed by atoms with van der Waals surface area (Å²) >= 11 is 0. The zero-order valence-corrected chi connectivity index (χ0v) is 14.7. The standard InChI is InChI=1S/C19H16N2O7/c1-26-13-3-2-4-14(10-13)27-11-15-6-8-18(28-15)19(23)20-16-7-5-12(21(24)25)9-17(16)22/h2-10,22H,11H2,1H3,(H,20,23). The summed E-state index contributed by atoms with van der Waals surface area (Å²) in [6, 6.07) is 13.5. The molecule has 2 aromatic carbocycles. The molecule has 0 saturated carbocycles. The second-order valence-electron chi connectivity index (χ2n) is 5.65. The van der Waals surface area contributed by atoms with Gasteiger partial charge in [0.15, 0.2) is 5.76 Å². The van der Waals surface area contributed by atoms with E-state index in [1.807, 2.05) is 0 Å². The number of phenols is 1. The van der Waals surface area contributed by atoms with Crippen molar-refractivity contribution in [2.24, 2.45) is 0 Å². The molecule has 3 aromatic rings. The minimum Gasteiger partial charge on any atom is -0.506 e. The van der Waals surface area contributed by atoms with Gasteiger partial charge in [-0.1, -0.05) is 6.07 Å². The number of ether oxygens (including phenoxy) is 2. The third-order valence-corrected chi connectivity index (χ3v) is 3.75. The Kier molecular flexibility index (Phi) is 5.45. The van der Waals surface area contributed by atoms with Crippen LogP contribution in [-0.4, -0.2) is 23.0 Å². The molecule has 9 heteroatoms. The summed E-state index contributed by atoms with van der Waals surface area (Å²) in [6.07, 6.45) is 0. The van der Waals surface area contributed by atoms with Gasteiger partial charge >= 0.3 is 0 Å². The fourth-order valence-electron chi connectivity index (χ4n) is 2.35. The lowest BCUT2D eigenvalue weighted by Gasteiger charge is -2.06. The number of aromatic hydroxyl groups is 1. The van der Waals surface area contributed by atoms with Gasteiger partial charge in [0, 0.05) is 12.1 Å². The third-order valence-electron chi connectivity index (χ3n) is 3.75. The number of anilines is 1. The van der Waals surface area contributed by atoms with Crippen LogP contribution >= 0.6 is 0 Å². The Morgan fingerprint density at radius 1 is 1.18 bits per heavy atom. The molecule has 9 nitrogen and oxygen atoms in total. The number of non-ortho nitro benzene ring substituents is 1. The molecular formula is C19H16N2O7. The minimum atomic E-state index is -0.646. The van der Waals surface area contributed by atoms with Gasteiger partial charge in [-0.2, -0.15) is 0 Å². The summed E-state index contributed by atoms with van der Waals surface area (Å²) in [5, 5.41) is 22.9. The number of hydrogen-bond donors (Lipinski definition) is 2. The molecule has 0 aliphatic rings. The fourth-order valence-corrected chi connectivity index (χ4v) is 2.35. The number of hydrogen-bond acceptors (Lipinski definition) is 7. The molecule has 0 radical (unpaired) electrons. The van der Waals surface area contributed by atoms with Crippen LogP contribution in [0.4, 0.5) is 11.4 Å². The molecule has 3 rings (SSSR count). The van der Waals surface area contributed by atoms with Crippen LogP contribution < -0.4 is 14.8 Å². The van der Waals surface area contributed by atoms with Crippen molar-refractivity contribution in [2.75, 3.05) is 12.4 Å². The molecule has 0 aliphatic heterocycles. The van der Waals surface area contributed by atoms with Gasteiger partial charge in [0.2, 0.25) is 0 Å². The Morgan fingerprint density at radius 3 is 2.68 bits per heavy atom. The first kappa shape index (κ1) is 18.8. The molecule has 1 amide bonds. The zero-order chi connectivity index (χ0) is 20.1.